The predicted octanol–water partition coefficient (Wildman–Crippen LogP) is 2.50. The molecule has 2 heteroatoms. The third-order valence-electron chi connectivity index (χ3n) is 4.53. The molecule has 2 aliphatic carbocycles. The summed E-state index contributed by atoms with van der Waals surface area (Å²) in [6.45, 7) is 2.33. The van der Waals surface area contributed by atoms with Gasteiger partial charge in [0, 0.05) is 19.1 Å². The summed E-state index contributed by atoms with van der Waals surface area (Å²) in [4.78, 5) is 2.26. The second kappa shape index (κ2) is 6.02. The zero-order chi connectivity index (χ0) is 11.4. The third-order valence-corrected chi connectivity index (χ3v) is 4.53. The molecule has 0 radical (unpaired) electrons. The van der Waals surface area contributed by atoms with E-state index in [1.165, 1.54) is 51.5 Å². The number of nitrogens with zero attached hydrogens (tertiary/aromatic N) is 1. The quantitative estimate of drug-likeness (QED) is 0.789. The SMILES string of the molecule is CN(C)CCNC1CCC2CCCCC2C1. The molecule has 0 heterocycles. The average Bonchev–Trinajstić information content (AvgIpc) is 2.28. The molecule has 0 amide bonds. The molecule has 0 spiro atoms. The van der Waals surface area contributed by atoms with Gasteiger partial charge in [-0.05, 0) is 45.2 Å². The van der Waals surface area contributed by atoms with Crippen LogP contribution in [0, 0.1) is 11.8 Å². The Hall–Kier alpha value is -0.0800. The van der Waals surface area contributed by atoms with Crippen molar-refractivity contribution in [2.24, 2.45) is 11.8 Å². The molecule has 16 heavy (non-hydrogen) atoms. The summed E-state index contributed by atoms with van der Waals surface area (Å²) in [6, 6.07) is 0.819. The van der Waals surface area contributed by atoms with Crippen LogP contribution in [0.1, 0.15) is 44.9 Å². The van der Waals surface area contributed by atoms with Crippen molar-refractivity contribution < 1.29 is 0 Å². The van der Waals surface area contributed by atoms with E-state index in [1.54, 1.807) is 0 Å². The van der Waals surface area contributed by atoms with Gasteiger partial charge in [0.25, 0.3) is 0 Å². The first-order valence-electron chi connectivity index (χ1n) is 7.14. The second-order valence-corrected chi connectivity index (χ2v) is 6.07. The molecule has 0 saturated heterocycles. The van der Waals surface area contributed by atoms with Gasteiger partial charge in [0.05, 0.1) is 0 Å². The van der Waals surface area contributed by atoms with Crippen molar-refractivity contribution in [2.75, 3.05) is 27.2 Å². The van der Waals surface area contributed by atoms with Crippen molar-refractivity contribution in [3.8, 4) is 0 Å². The van der Waals surface area contributed by atoms with Gasteiger partial charge in [-0.3, -0.25) is 0 Å². The zero-order valence-electron chi connectivity index (χ0n) is 11.0. The fourth-order valence-electron chi connectivity index (χ4n) is 3.55. The van der Waals surface area contributed by atoms with Gasteiger partial charge in [0.2, 0.25) is 0 Å². The van der Waals surface area contributed by atoms with E-state index in [2.05, 4.69) is 24.3 Å². The first kappa shape index (κ1) is 12.4. The number of likely N-dealkylation sites (N-methyl/N-ethyl adjacent to an activating group) is 1. The molecule has 2 fully saturated rings. The van der Waals surface area contributed by atoms with Gasteiger partial charge in [-0.15, -0.1) is 0 Å². The Labute approximate surface area is 101 Å². The van der Waals surface area contributed by atoms with Gasteiger partial charge in [0.15, 0.2) is 0 Å². The van der Waals surface area contributed by atoms with Crippen LogP contribution < -0.4 is 5.32 Å². The maximum Gasteiger partial charge on any atom is 0.0101 e. The molecule has 0 bridgehead atoms. The molecule has 3 atom stereocenters. The fourth-order valence-corrected chi connectivity index (χ4v) is 3.55. The van der Waals surface area contributed by atoms with Gasteiger partial charge >= 0.3 is 0 Å². The van der Waals surface area contributed by atoms with E-state index in [1.807, 2.05) is 0 Å². The Morgan fingerprint density at radius 3 is 2.50 bits per heavy atom. The van der Waals surface area contributed by atoms with E-state index < -0.39 is 0 Å². The summed E-state index contributed by atoms with van der Waals surface area (Å²) in [7, 11) is 4.30. The molecule has 94 valence electrons. The maximum absolute atomic E-state index is 3.74. The molecule has 0 aromatic heterocycles. The van der Waals surface area contributed by atoms with E-state index in [0.29, 0.717) is 0 Å². The van der Waals surface area contributed by atoms with Crippen LogP contribution in [-0.2, 0) is 0 Å². The second-order valence-electron chi connectivity index (χ2n) is 6.07. The molecule has 3 unspecified atom stereocenters. The van der Waals surface area contributed by atoms with E-state index >= 15 is 0 Å². The zero-order valence-corrected chi connectivity index (χ0v) is 11.0. The van der Waals surface area contributed by atoms with Crippen molar-refractivity contribution in [1.29, 1.82) is 0 Å². The molecule has 2 aliphatic rings. The summed E-state index contributed by atoms with van der Waals surface area (Å²) < 4.78 is 0. The summed E-state index contributed by atoms with van der Waals surface area (Å²) in [5.74, 6) is 2.14. The minimum Gasteiger partial charge on any atom is -0.313 e. The van der Waals surface area contributed by atoms with Crippen LogP contribution in [-0.4, -0.2) is 38.1 Å². The number of fused-ring (bicyclic) bond motifs is 1. The predicted molar refractivity (Wildman–Crippen MR) is 69.6 cm³/mol. The Kier molecular flexibility index (Phi) is 4.66. The normalized spacial score (nSPS) is 35.1. The summed E-state index contributed by atoms with van der Waals surface area (Å²) in [6.07, 6.45) is 10.4. The van der Waals surface area contributed by atoms with Crippen molar-refractivity contribution in [3.05, 3.63) is 0 Å². The number of rotatable bonds is 4. The highest BCUT2D eigenvalue weighted by atomic mass is 15.1. The summed E-state index contributed by atoms with van der Waals surface area (Å²) in [5.41, 5.74) is 0. The first-order valence-corrected chi connectivity index (χ1v) is 7.14. The van der Waals surface area contributed by atoms with E-state index in [0.717, 1.165) is 24.4 Å². The van der Waals surface area contributed by atoms with Gasteiger partial charge in [-0.2, -0.15) is 0 Å². The highest BCUT2D eigenvalue weighted by Crippen LogP contribution is 2.40. The maximum atomic E-state index is 3.74. The van der Waals surface area contributed by atoms with Gasteiger partial charge < -0.3 is 10.2 Å². The van der Waals surface area contributed by atoms with Gasteiger partial charge in [-0.25, -0.2) is 0 Å². The minimum atomic E-state index is 0.819. The lowest BCUT2D eigenvalue weighted by Gasteiger charge is -2.39. The first-order chi connectivity index (χ1) is 7.75. The standard InChI is InChI=1S/C14H28N2/c1-16(2)10-9-15-14-8-7-12-5-3-4-6-13(12)11-14/h12-15H,3-11H2,1-2H3. The summed E-state index contributed by atoms with van der Waals surface area (Å²) in [5, 5.41) is 3.74. The van der Waals surface area contributed by atoms with Crippen LogP contribution >= 0.6 is 0 Å². The minimum absolute atomic E-state index is 0.819. The summed E-state index contributed by atoms with van der Waals surface area (Å²) >= 11 is 0. The van der Waals surface area contributed by atoms with Crippen LogP contribution in [0.2, 0.25) is 0 Å². The lowest BCUT2D eigenvalue weighted by molar-refractivity contribution is 0.143. The largest absolute Gasteiger partial charge is 0.313 e. The molecule has 0 aliphatic heterocycles. The number of hydrogen-bond donors (Lipinski definition) is 1. The fraction of sp³-hybridized carbons (Fsp3) is 1.00. The van der Waals surface area contributed by atoms with Crippen molar-refractivity contribution >= 4 is 0 Å². The number of nitrogens with one attached hydrogen (secondary N) is 1. The molecule has 1 N–H and O–H groups in total. The van der Waals surface area contributed by atoms with E-state index in [-0.39, 0.29) is 0 Å². The van der Waals surface area contributed by atoms with E-state index in [4.69, 9.17) is 0 Å². The number of hydrogen-bond acceptors (Lipinski definition) is 2. The third kappa shape index (κ3) is 3.46. The van der Waals surface area contributed by atoms with Gasteiger partial charge in [0.1, 0.15) is 0 Å². The lowest BCUT2D eigenvalue weighted by atomic mass is 9.69. The molecule has 2 rings (SSSR count). The van der Waals surface area contributed by atoms with Crippen LogP contribution in [0.25, 0.3) is 0 Å². The molecule has 2 nitrogen and oxygen atoms in total. The van der Waals surface area contributed by atoms with Crippen LogP contribution in [0.4, 0.5) is 0 Å². The lowest BCUT2D eigenvalue weighted by Crippen LogP contribution is -2.41. The van der Waals surface area contributed by atoms with Crippen LogP contribution in [0.5, 0.6) is 0 Å². The highest BCUT2D eigenvalue weighted by molar-refractivity contribution is 4.86. The van der Waals surface area contributed by atoms with E-state index in [9.17, 15) is 0 Å². The molecular formula is C14H28N2. The van der Waals surface area contributed by atoms with Crippen LogP contribution in [0.3, 0.4) is 0 Å². The topological polar surface area (TPSA) is 15.3 Å². The average molecular weight is 224 g/mol. The molecule has 2 saturated carbocycles. The van der Waals surface area contributed by atoms with Gasteiger partial charge in [-0.1, -0.05) is 25.7 Å². The van der Waals surface area contributed by atoms with Crippen molar-refractivity contribution in [3.63, 3.8) is 0 Å². The highest BCUT2D eigenvalue weighted by Gasteiger charge is 2.31. The van der Waals surface area contributed by atoms with Crippen molar-refractivity contribution in [1.82, 2.24) is 10.2 Å². The molecule has 0 aromatic rings. The Balaban J connectivity index is 1.68. The smallest absolute Gasteiger partial charge is 0.0101 e. The Morgan fingerprint density at radius 2 is 1.75 bits per heavy atom. The Bertz CT molecular complexity index is 203. The molecular weight excluding hydrogens is 196 g/mol. The molecule has 0 aromatic carbocycles. The van der Waals surface area contributed by atoms with Crippen molar-refractivity contribution in [2.45, 2.75) is 51.0 Å². The monoisotopic (exact) mass is 224 g/mol. The van der Waals surface area contributed by atoms with Crippen LogP contribution in [0.15, 0.2) is 0 Å². The Morgan fingerprint density at radius 1 is 1.00 bits per heavy atom.